The second-order valence-corrected chi connectivity index (χ2v) is 6.53. The lowest BCUT2D eigenvalue weighted by atomic mass is 9.96. The largest absolute Gasteiger partial charge is 0.497 e. The number of amides is 1. The normalized spacial score (nSPS) is 14.8. The summed E-state index contributed by atoms with van der Waals surface area (Å²) in [6.07, 6.45) is 1.11. The fourth-order valence-corrected chi connectivity index (χ4v) is 3.16. The van der Waals surface area contributed by atoms with E-state index in [9.17, 15) is 9.59 Å². The molecule has 0 aliphatic carbocycles. The van der Waals surface area contributed by atoms with Crippen molar-refractivity contribution in [3.63, 3.8) is 0 Å². The van der Waals surface area contributed by atoms with E-state index in [2.05, 4.69) is 5.10 Å². The zero-order valence-corrected chi connectivity index (χ0v) is 14.9. The van der Waals surface area contributed by atoms with E-state index < -0.39 is 0 Å². The Morgan fingerprint density at radius 3 is 2.92 bits per heavy atom. The van der Waals surface area contributed by atoms with Crippen LogP contribution in [0.5, 0.6) is 5.75 Å². The minimum absolute atomic E-state index is 0.0987. The van der Waals surface area contributed by atoms with Gasteiger partial charge in [0.15, 0.2) is 0 Å². The molecule has 6 nitrogen and oxygen atoms in total. The van der Waals surface area contributed by atoms with Gasteiger partial charge in [0.1, 0.15) is 5.75 Å². The van der Waals surface area contributed by atoms with E-state index in [1.54, 1.807) is 20.2 Å². The maximum atomic E-state index is 12.7. The maximum absolute atomic E-state index is 12.7. The number of aryl methyl sites for hydroxylation is 1. The SMILES string of the molecule is COc1cccc(C(C)CC(=O)N2CCc3nn(C)c(=O)cc3C2)c1. The molecule has 6 heteroatoms. The Labute approximate surface area is 147 Å². The third kappa shape index (κ3) is 3.73. The summed E-state index contributed by atoms with van der Waals surface area (Å²) in [5.74, 6) is 0.998. The number of hydrogen-bond acceptors (Lipinski definition) is 4. The Morgan fingerprint density at radius 2 is 2.16 bits per heavy atom. The van der Waals surface area contributed by atoms with Crippen molar-refractivity contribution in [2.75, 3.05) is 13.7 Å². The first-order chi connectivity index (χ1) is 12.0. The van der Waals surface area contributed by atoms with Gasteiger partial charge in [0.2, 0.25) is 5.91 Å². The van der Waals surface area contributed by atoms with Gasteiger partial charge in [0.05, 0.1) is 12.8 Å². The molecule has 0 bridgehead atoms. The number of ether oxygens (including phenoxy) is 1. The molecule has 0 saturated carbocycles. The van der Waals surface area contributed by atoms with Gasteiger partial charge < -0.3 is 9.64 Å². The van der Waals surface area contributed by atoms with E-state index in [0.29, 0.717) is 25.9 Å². The number of nitrogens with zero attached hydrogens (tertiary/aromatic N) is 3. The summed E-state index contributed by atoms with van der Waals surface area (Å²) in [6, 6.07) is 9.41. The summed E-state index contributed by atoms with van der Waals surface area (Å²) in [6.45, 7) is 3.14. The van der Waals surface area contributed by atoms with E-state index in [-0.39, 0.29) is 17.4 Å². The van der Waals surface area contributed by atoms with Crippen molar-refractivity contribution in [2.24, 2.45) is 7.05 Å². The maximum Gasteiger partial charge on any atom is 0.266 e. The molecular weight excluding hydrogens is 318 g/mol. The first kappa shape index (κ1) is 17.2. The Balaban J connectivity index is 1.69. The fourth-order valence-electron chi connectivity index (χ4n) is 3.16. The van der Waals surface area contributed by atoms with Crippen molar-refractivity contribution in [2.45, 2.75) is 32.2 Å². The van der Waals surface area contributed by atoms with Crippen LogP contribution in [0.4, 0.5) is 0 Å². The molecule has 0 N–H and O–H groups in total. The van der Waals surface area contributed by atoms with Gasteiger partial charge in [-0.3, -0.25) is 9.59 Å². The van der Waals surface area contributed by atoms with Crippen molar-refractivity contribution in [3.8, 4) is 5.75 Å². The zero-order chi connectivity index (χ0) is 18.0. The molecule has 3 rings (SSSR count). The molecule has 1 unspecified atom stereocenters. The predicted molar refractivity (Wildman–Crippen MR) is 94.6 cm³/mol. The van der Waals surface area contributed by atoms with E-state index in [4.69, 9.17) is 4.74 Å². The minimum atomic E-state index is -0.141. The topological polar surface area (TPSA) is 64.4 Å². The van der Waals surface area contributed by atoms with Crippen LogP contribution in [0, 0.1) is 0 Å². The molecular formula is C19H23N3O3. The molecule has 0 fully saturated rings. The van der Waals surface area contributed by atoms with Gasteiger partial charge in [0, 0.05) is 44.6 Å². The average Bonchev–Trinajstić information content (AvgIpc) is 2.62. The lowest BCUT2D eigenvalue weighted by Crippen LogP contribution is -2.38. The van der Waals surface area contributed by atoms with Crippen molar-refractivity contribution in [1.82, 2.24) is 14.7 Å². The molecule has 2 heterocycles. The number of hydrogen-bond donors (Lipinski definition) is 0. The fraction of sp³-hybridized carbons (Fsp3) is 0.421. The molecule has 0 spiro atoms. The highest BCUT2D eigenvalue weighted by Crippen LogP contribution is 2.25. The number of aromatic nitrogens is 2. The standard InChI is InChI=1S/C19H23N3O3/c1-13(14-5-4-6-16(10-14)25-3)9-19(24)22-8-7-17-15(12-22)11-18(23)21(2)20-17/h4-6,10-11,13H,7-9,12H2,1-3H3. The second-order valence-electron chi connectivity index (χ2n) is 6.53. The molecule has 1 aromatic heterocycles. The first-order valence-electron chi connectivity index (χ1n) is 8.45. The lowest BCUT2D eigenvalue weighted by molar-refractivity contribution is -0.132. The van der Waals surface area contributed by atoms with Crippen LogP contribution in [0.1, 0.15) is 36.1 Å². The summed E-state index contributed by atoms with van der Waals surface area (Å²) in [5.41, 5.74) is 2.71. The number of rotatable bonds is 4. The van der Waals surface area contributed by atoms with Gasteiger partial charge in [-0.2, -0.15) is 5.10 Å². The molecule has 1 aliphatic rings. The smallest absolute Gasteiger partial charge is 0.266 e. The average molecular weight is 341 g/mol. The van der Waals surface area contributed by atoms with Crippen LogP contribution >= 0.6 is 0 Å². The Bertz CT molecular complexity index is 844. The van der Waals surface area contributed by atoms with Crippen LogP contribution in [0.15, 0.2) is 35.1 Å². The van der Waals surface area contributed by atoms with Gasteiger partial charge in [-0.25, -0.2) is 4.68 Å². The molecule has 2 aromatic rings. The van der Waals surface area contributed by atoms with Gasteiger partial charge in [-0.1, -0.05) is 19.1 Å². The monoisotopic (exact) mass is 341 g/mol. The minimum Gasteiger partial charge on any atom is -0.497 e. The molecule has 132 valence electrons. The van der Waals surface area contributed by atoms with E-state index in [1.807, 2.05) is 36.1 Å². The first-order valence-corrected chi connectivity index (χ1v) is 8.45. The van der Waals surface area contributed by atoms with Gasteiger partial charge >= 0.3 is 0 Å². The van der Waals surface area contributed by atoms with E-state index in [0.717, 1.165) is 22.6 Å². The molecule has 0 radical (unpaired) electrons. The zero-order valence-electron chi connectivity index (χ0n) is 14.9. The summed E-state index contributed by atoms with van der Waals surface area (Å²) in [4.78, 5) is 26.3. The summed E-state index contributed by atoms with van der Waals surface area (Å²) in [5, 5.41) is 4.29. The molecule has 1 amide bonds. The highest BCUT2D eigenvalue weighted by Gasteiger charge is 2.24. The molecule has 0 saturated heterocycles. The Hall–Kier alpha value is -2.63. The van der Waals surface area contributed by atoms with Crippen LogP contribution < -0.4 is 10.3 Å². The Kier molecular flexibility index (Phi) is 4.88. The van der Waals surface area contributed by atoms with E-state index >= 15 is 0 Å². The highest BCUT2D eigenvalue weighted by molar-refractivity contribution is 5.77. The van der Waals surface area contributed by atoms with Crippen molar-refractivity contribution in [1.29, 1.82) is 0 Å². The Morgan fingerprint density at radius 1 is 1.36 bits per heavy atom. The second kappa shape index (κ2) is 7.09. The lowest BCUT2D eigenvalue weighted by Gasteiger charge is -2.29. The van der Waals surface area contributed by atoms with Gasteiger partial charge in [-0.05, 0) is 23.6 Å². The number of carbonyl (C=O) groups excluding carboxylic acids is 1. The van der Waals surface area contributed by atoms with Crippen LogP contribution in [-0.4, -0.2) is 34.2 Å². The van der Waals surface area contributed by atoms with Crippen molar-refractivity contribution >= 4 is 5.91 Å². The van der Waals surface area contributed by atoms with E-state index in [1.165, 1.54) is 4.68 Å². The summed E-state index contributed by atoms with van der Waals surface area (Å²) in [7, 11) is 3.29. The summed E-state index contributed by atoms with van der Waals surface area (Å²) >= 11 is 0. The third-order valence-electron chi connectivity index (χ3n) is 4.73. The quantitative estimate of drug-likeness (QED) is 0.852. The number of benzene rings is 1. The number of fused-ring (bicyclic) bond motifs is 1. The predicted octanol–water partition coefficient (Wildman–Crippen LogP) is 1.87. The molecule has 1 aliphatic heterocycles. The summed E-state index contributed by atoms with van der Waals surface area (Å²) < 4.78 is 6.60. The van der Waals surface area contributed by atoms with Crippen LogP contribution in [0.2, 0.25) is 0 Å². The van der Waals surface area contributed by atoms with Crippen LogP contribution in [0.25, 0.3) is 0 Å². The van der Waals surface area contributed by atoms with Gasteiger partial charge in [0.25, 0.3) is 5.56 Å². The number of carbonyl (C=O) groups is 1. The molecule has 1 atom stereocenters. The van der Waals surface area contributed by atoms with Gasteiger partial charge in [-0.15, -0.1) is 0 Å². The molecule has 1 aromatic carbocycles. The van der Waals surface area contributed by atoms with Crippen molar-refractivity contribution < 1.29 is 9.53 Å². The van der Waals surface area contributed by atoms with Crippen LogP contribution in [0.3, 0.4) is 0 Å². The third-order valence-corrected chi connectivity index (χ3v) is 4.73. The molecule has 25 heavy (non-hydrogen) atoms. The van der Waals surface area contributed by atoms with Crippen LogP contribution in [-0.2, 0) is 24.8 Å². The van der Waals surface area contributed by atoms with Crippen molar-refractivity contribution in [3.05, 3.63) is 57.5 Å². The highest BCUT2D eigenvalue weighted by atomic mass is 16.5. The number of methoxy groups -OCH3 is 1.